The lowest BCUT2D eigenvalue weighted by molar-refractivity contribution is -0.184. The summed E-state index contributed by atoms with van der Waals surface area (Å²) in [5.41, 5.74) is 0.103. The van der Waals surface area contributed by atoms with Crippen LogP contribution in [0.2, 0.25) is 0 Å². The van der Waals surface area contributed by atoms with Crippen molar-refractivity contribution in [3.05, 3.63) is 35.9 Å². The van der Waals surface area contributed by atoms with Crippen LogP contribution >= 0.6 is 11.8 Å². The quantitative estimate of drug-likeness (QED) is 0.283. The molecule has 0 radical (unpaired) electrons. The van der Waals surface area contributed by atoms with E-state index in [1.54, 1.807) is 20.8 Å². The fourth-order valence-electron chi connectivity index (χ4n) is 3.47. The number of benzene rings is 1. The third-order valence-corrected chi connectivity index (χ3v) is 6.72. The van der Waals surface area contributed by atoms with Gasteiger partial charge in [-0.25, -0.2) is 4.79 Å². The number of thioether (sulfide) groups is 1. The van der Waals surface area contributed by atoms with Crippen molar-refractivity contribution in [1.82, 2.24) is 4.90 Å². The molecular weight excluding hydrogens is 422 g/mol. The standard InChI is InChI=1S/C22H27NO7S/c1-21(2,3)20(27)30-12-29-19(26)15-22(4,5)31-17-14(16(24)23(15)17)18(25)28-11-13-9-7-6-8-10-13/h6-10,14-15,17H,11-12H2,1-5H3/t14-,15+,17-/m1/s1. The van der Waals surface area contributed by atoms with Gasteiger partial charge in [0.1, 0.15) is 18.0 Å². The largest absolute Gasteiger partial charge is 0.460 e. The van der Waals surface area contributed by atoms with Gasteiger partial charge in [-0.15, -0.1) is 11.8 Å². The van der Waals surface area contributed by atoms with Crippen LogP contribution in [0.25, 0.3) is 0 Å². The van der Waals surface area contributed by atoms with Crippen molar-refractivity contribution < 1.29 is 33.4 Å². The van der Waals surface area contributed by atoms with E-state index >= 15 is 0 Å². The molecule has 0 saturated carbocycles. The maximum absolute atomic E-state index is 12.7. The summed E-state index contributed by atoms with van der Waals surface area (Å²) in [7, 11) is 0. The summed E-state index contributed by atoms with van der Waals surface area (Å²) < 4.78 is 14.7. The van der Waals surface area contributed by atoms with Crippen molar-refractivity contribution in [1.29, 1.82) is 0 Å². The molecule has 1 aromatic rings. The Morgan fingerprint density at radius 2 is 1.68 bits per heavy atom. The first kappa shape index (κ1) is 23.1. The first-order chi connectivity index (χ1) is 14.4. The lowest BCUT2D eigenvalue weighted by atomic mass is 9.92. The number of amides is 1. The Morgan fingerprint density at radius 3 is 2.29 bits per heavy atom. The molecule has 8 nitrogen and oxygen atoms in total. The highest BCUT2D eigenvalue weighted by Gasteiger charge is 2.66. The minimum atomic E-state index is -0.954. The molecule has 2 aliphatic rings. The summed E-state index contributed by atoms with van der Waals surface area (Å²) in [6.07, 6.45) is 0. The molecule has 168 valence electrons. The van der Waals surface area contributed by atoms with Crippen LogP contribution in [0.15, 0.2) is 30.3 Å². The van der Waals surface area contributed by atoms with E-state index in [0.717, 1.165) is 5.56 Å². The van der Waals surface area contributed by atoms with E-state index in [0.29, 0.717) is 0 Å². The van der Waals surface area contributed by atoms with E-state index in [-0.39, 0.29) is 6.61 Å². The average molecular weight is 450 g/mol. The fraction of sp³-hybridized carbons (Fsp3) is 0.545. The molecule has 0 spiro atoms. The number of esters is 3. The number of rotatable bonds is 6. The lowest BCUT2D eigenvalue weighted by Crippen LogP contribution is -2.65. The molecule has 2 aliphatic heterocycles. The van der Waals surface area contributed by atoms with E-state index in [9.17, 15) is 19.2 Å². The highest BCUT2D eigenvalue weighted by molar-refractivity contribution is 8.01. The van der Waals surface area contributed by atoms with Gasteiger partial charge in [-0.05, 0) is 40.2 Å². The van der Waals surface area contributed by atoms with Gasteiger partial charge in [-0.1, -0.05) is 30.3 Å². The van der Waals surface area contributed by atoms with E-state index in [1.165, 1.54) is 16.7 Å². The molecule has 1 aromatic carbocycles. The summed E-state index contributed by atoms with van der Waals surface area (Å²) >= 11 is 1.36. The van der Waals surface area contributed by atoms with Gasteiger partial charge < -0.3 is 19.1 Å². The maximum atomic E-state index is 12.7. The van der Waals surface area contributed by atoms with E-state index in [2.05, 4.69) is 0 Å². The minimum absolute atomic E-state index is 0.0782. The van der Waals surface area contributed by atoms with Gasteiger partial charge in [0, 0.05) is 4.75 Å². The Balaban J connectivity index is 1.59. The van der Waals surface area contributed by atoms with Gasteiger partial charge >= 0.3 is 17.9 Å². The van der Waals surface area contributed by atoms with Crippen LogP contribution in [0.5, 0.6) is 0 Å². The van der Waals surface area contributed by atoms with Crippen molar-refractivity contribution >= 4 is 35.6 Å². The summed E-state index contributed by atoms with van der Waals surface area (Å²) in [5.74, 6) is -3.20. The number of hydrogen-bond acceptors (Lipinski definition) is 8. The molecule has 2 heterocycles. The molecule has 2 fully saturated rings. The van der Waals surface area contributed by atoms with Gasteiger partial charge in [0.05, 0.1) is 5.41 Å². The Labute approximate surface area is 185 Å². The number of ether oxygens (including phenoxy) is 3. The molecule has 3 atom stereocenters. The smallest absolute Gasteiger partial charge is 0.333 e. The summed E-state index contributed by atoms with van der Waals surface area (Å²) in [4.78, 5) is 51.1. The lowest BCUT2D eigenvalue weighted by Gasteiger charge is -2.42. The van der Waals surface area contributed by atoms with Gasteiger partial charge in [-0.2, -0.15) is 0 Å². The number of fused-ring (bicyclic) bond motifs is 1. The van der Waals surface area contributed by atoms with Gasteiger partial charge in [-0.3, -0.25) is 14.4 Å². The van der Waals surface area contributed by atoms with Crippen LogP contribution in [0, 0.1) is 11.3 Å². The number of carbonyl (C=O) groups is 4. The second kappa shape index (κ2) is 8.53. The first-order valence-electron chi connectivity index (χ1n) is 9.98. The molecule has 0 aliphatic carbocycles. The van der Waals surface area contributed by atoms with Crippen molar-refractivity contribution in [2.75, 3.05) is 6.79 Å². The van der Waals surface area contributed by atoms with Gasteiger partial charge in [0.15, 0.2) is 5.92 Å². The molecule has 2 saturated heterocycles. The summed E-state index contributed by atoms with van der Waals surface area (Å²) in [6.45, 7) is 8.23. The van der Waals surface area contributed by atoms with Gasteiger partial charge in [0.2, 0.25) is 12.7 Å². The fourth-order valence-corrected chi connectivity index (χ4v) is 5.13. The Bertz CT molecular complexity index is 878. The SMILES string of the molecule is CC(C)(C)C(=O)OCOC(=O)[C@@H]1N2C(=O)[C@@H](C(=O)OCc3ccccc3)[C@H]2SC1(C)C. The van der Waals surface area contributed by atoms with Crippen LogP contribution in [0.4, 0.5) is 0 Å². The molecule has 1 amide bonds. The molecule has 0 unspecified atom stereocenters. The van der Waals surface area contributed by atoms with Crippen molar-refractivity contribution in [2.45, 2.75) is 57.4 Å². The normalized spacial score (nSPS) is 24.1. The Morgan fingerprint density at radius 1 is 1.03 bits per heavy atom. The molecule has 3 rings (SSSR count). The molecule has 0 bridgehead atoms. The third kappa shape index (κ3) is 4.71. The highest BCUT2D eigenvalue weighted by atomic mass is 32.2. The van der Waals surface area contributed by atoms with Crippen LogP contribution in [0.1, 0.15) is 40.2 Å². The zero-order chi connectivity index (χ0) is 23.0. The van der Waals surface area contributed by atoms with E-state index in [1.807, 2.05) is 44.2 Å². The Hall–Kier alpha value is -2.55. The van der Waals surface area contributed by atoms with Crippen LogP contribution < -0.4 is 0 Å². The van der Waals surface area contributed by atoms with Crippen LogP contribution in [-0.2, 0) is 40.0 Å². The topological polar surface area (TPSA) is 99.2 Å². The monoisotopic (exact) mass is 449 g/mol. The second-order valence-electron chi connectivity index (χ2n) is 9.09. The number of carbonyl (C=O) groups excluding carboxylic acids is 4. The van der Waals surface area contributed by atoms with Crippen LogP contribution in [-0.4, -0.2) is 51.7 Å². The number of β-lactam (4-membered cyclic amide) rings is 1. The average Bonchev–Trinajstić information content (AvgIpc) is 2.93. The highest BCUT2D eigenvalue weighted by Crippen LogP contribution is 2.53. The van der Waals surface area contributed by atoms with Gasteiger partial charge in [0.25, 0.3) is 0 Å². The van der Waals surface area contributed by atoms with Crippen LogP contribution in [0.3, 0.4) is 0 Å². The summed E-state index contributed by atoms with van der Waals surface area (Å²) in [6, 6.07) is 8.30. The molecule has 0 aromatic heterocycles. The van der Waals surface area contributed by atoms with Crippen molar-refractivity contribution in [2.24, 2.45) is 11.3 Å². The zero-order valence-electron chi connectivity index (χ0n) is 18.2. The molecule has 31 heavy (non-hydrogen) atoms. The Kier molecular flexibility index (Phi) is 6.36. The molecular formula is C22H27NO7S. The van der Waals surface area contributed by atoms with E-state index < -0.39 is 58.1 Å². The first-order valence-corrected chi connectivity index (χ1v) is 10.9. The predicted octanol–water partition coefficient (Wildman–Crippen LogP) is 2.50. The van der Waals surface area contributed by atoms with Crippen molar-refractivity contribution in [3.8, 4) is 0 Å². The predicted molar refractivity (Wildman–Crippen MR) is 112 cm³/mol. The molecule has 9 heteroatoms. The molecule has 0 N–H and O–H groups in total. The number of hydrogen-bond donors (Lipinski definition) is 0. The third-order valence-electron chi connectivity index (χ3n) is 5.15. The minimum Gasteiger partial charge on any atom is -0.460 e. The second-order valence-corrected chi connectivity index (χ2v) is 10.9. The zero-order valence-corrected chi connectivity index (χ0v) is 19.1. The number of nitrogens with zero attached hydrogens (tertiary/aromatic N) is 1. The summed E-state index contributed by atoms with van der Waals surface area (Å²) in [5, 5.41) is -0.500. The van der Waals surface area contributed by atoms with E-state index in [4.69, 9.17) is 14.2 Å². The maximum Gasteiger partial charge on any atom is 0.333 e. The van der Waals surface area contributed by atoms with Crippen molar-refractivity contribution in [3.63, 3.8) is 0 Å².